The van der Waals surface area contributed by atoms with Gasteiger partial charge in [-0.3, -0.25) is 4.72 Å². The molecule has 0 fully saturated rings. The minimum absolute atomic E-state index is 0.146. The lowest BCUT2D eigenvalue weighted by molar-refractivity contribution is 0.248. The summed E-state index contributed by atoms with van der Waals surface area (Å²) in [5.41, 5.74) is 0.802. The molecule has 1 atom stereocenters. The molecule has 0 heterocycles. The van der Waals surface area contributed by atoms with Crippen molar-refractivity contribution < 1.29 is 17.6 Å². The largest absolute Gasteiger partial charge is 0.334 e. The average molecular weight is 404 g/mol. The number of halogens is 1. The number of benzene rings is 2. The van der Waals surface area contributed by atoms with Gasteiger partial charge in [-0.15, -0.1) is 0 Å². The number of anilines is 2. The first-order valence-corrected chi connectivity index (χ1v) is 10.1. The molecule has 0 aliphatic rings. The van der Waals surface area contributed by atoms with E-state index in [0.717, 1.165) is 12.1 Å². The molecule has 0 aromatic heterocycles. The molecule has 2 rings (SSSR count). The van der Waals surface area contributed by atoms with Gasteiger partial charge >= 0.3 is 6.03 Å². The average Bonchev–Trinajstić information content (AvgIpc) is 2.63. The lowest BCUT2D eigenvalue weighted by Crippen LogP contribution is -2.37. The first kappa shape index (κ1) is 21.2. The number of nitriles is 1. The smallest absolute Gasteiger partial charge is 0.319 e. The number of amides is 2. The second-order valence-electron chi connectivity index (χ2n) is 6.13. The third kappa shape index (κ3) is 5.44. The van der Waals surface area contributed by atoms with Crippen molar-refractivity contribution in [1.82, 2.24) is 5.32 Å². The Hall–Kier alpha value is -3.12. The molecule has 2 aromatic rings. The van der Waals surface area contributed by atoms with Gasteiger partial charge in [-0.1, -0.05) is 25.1 Å². The van der Waals surface area contributed by atoms with Crippen LogP contribution in [0.25, 0.3) is 0 Å². The Balaban J connectivity index is 2.26. The van der Waals surface area contributed by atoms with Gasteiger partial charge in [0.05, 0.1) is 12.5 Å². The van der Waals surface area contributed by atoms with Crippen molar-refractivity contribution >= 4 is 27.4 Å². The van der Waals surface area contributed by atoms with Crippen LogP contribution in [0.2, 0.25) is 0 Å². The van der Waals surface area contributed by atoms with Crippen molar-refractivity contribution in [3.63, 3.8) is 0 Å². The topological polar surface area (TPSA) is 111 Å². The zero-order valence-electron chi connectivity index (χ0n) is 15.5. The second-order valence-corrected chi connectivity index (χ2v) is 7.79. The molecule has 0 aliphatic carbocycles. The fourth-order valence-corrected chi connectivity index (χ4v) is 3.61. The first-order chi connectivity index (χ1) is 13.3. The molecule has 0 radical (unpaired) electrons. The summed E-state index contributed by atoms with van der Waals surface area (Å²) in [7, 11) is -4.20. The van der Waals surface area contributed by atoms with Crippen molar-refractivity contribution in [3.05, 3.63) is 53.8 Å². The van der Waals surface area contributed by atoms with Gasteiger partial charge in [0, 0.05) is 17.4 Å². The van der Waals surface area contributed by atoms with Gasteiger partial charge in [-0.2, -0.15) is 5.26 Å². The molecule has 0 bridgehead atoms. The van der Waals surface area contributed by atoms with E-state index in [-0.39, 0.29) is 23.8 Å². The predicted octanol–water partition coefficient (Wildman–Crippen LogP) is 3.75. The van der Waals surface area contributed by atoms with Crippen LogP contribution in [0, 0.1) is 24.1 Å². The van der Waals surface area contributed by atoms with E-state index < -0.39 is 26.8 Å². The molecule has 7 nitrogen and oxygen atoms in total. The Kier molecular flexibility index (Phi) is 6.95. The van der Waals surface area contributed by atoms with Crippen LogP contribution in [-0.4, -0.2) is 20.5 Å². The number of carbonyl (C=O) groups excluding carboxylic acids is 1. The van der Waals surface area contributed by atoms with Gasteiger partial charge in [0.2, 0.25) is 0 Å². The zero-order valence-corrected chi connectivity index (χ0v) is 16.3. The molecule has 2 amide bonds. The quantitative estimate of drug-likeness (QED) is 0.652. The van der Waals surface area contributed by atoms with Gasteiger partial charge in [-0.25, -0.2) is 17.6 Å². The van der Waals surface area contributed by atoms with Gasteiger partial charge in [0.25, 0.3) is 10.0 Å². The molecule has 148 valence electrons. The molecular weight excluding hydrogens is 383 g/mol. The Morgan fingerprint density at radius 3 is 2.54 bits per heavy atom. The minimum atomic E-state index is -4.20. The normalized spacial score (nSPS) is 11.9. The van der Waals surface area contributed by atoms with Crippen LogP contribution < -0.4 is 15.4 Å². The number of urea groups is 1. The van der Waals surface area contributed by atoms with E-state index in [2.05, 4.69) is 15.4 Å². The van der Waals surface area contributed by atoms with E-state index in [0.29, 0.717) is 12.0 Å². The molecule has 0 spiro atoms. The first-order valence-electron chi connectivity index (χ1n) is 8.59. The highest BCUT2D eigenvalue weighted by Gasteiger charge is 2.22. The summed E-state index contributed by atoms with van der Waals surface area (Å²) < 4.78 is 41.8. The summed E-state index contributed by atoms with van der Waals surface area (Å²) in [5.74, 6) is -0.928. The van der Waals surface area contributed by atoms with Crippen LogP contribution in [0.3, 0.4) is 0 Å². The predicted molar refractivity (Wildman–Crippen MR) is 105 cm³/mol. The van der Waals surface area contributed by atoms with Gasteiger partial charge in [0.1, 0.15) is 10.7 Å². The van der Waals surface area contributed by atoms with E-state index >= 15 is 0 Å². The molecule has 0 unspecified atom stereocenters. The van der Waals surface area contributed by atoms with Crippen molar-refractivity contribution in [2.75, 3.05) is 10.0 Å². The summed E-state index contributed by atoms with van der Waals surface area (Å²) in [6.07, 6.45) is 0.705. The maximum Gasteiger partial charge on any atom is 0.319 e. The SMILES string of the molecule is CC[C@@H](CC#N)NC(=O)Nc1cc(S(=O)(=O)Nc2ccccc2)c(F)cc1C. The molecule has 28 heavy (non-hydrogen) atoms. The summed E-state index contributed by atoms with van der Waals surface area (Å²) in [5, 5.41) is 13.9. The number of carbonyl (C=O) groups is 1. The van der Waals surface area contributed by atoms with E-state index in [1.54, 1.807) is 25.1 Å². The fraction of sp³-hybridized carbons (Fsp3) is 0.263. The van der Waals surface area contributed by atoms with Crippen LogP contribution in [0.5, 0.6) is 0 Å². The van der Waals surface area contributed by atoms with E-state index in [1.807, 2.05) is 13.0 Å². The summed E-state index contributed by atoms with van der Waals surface area (Å²) >= 11 is 0. The molecule has 0 saturated heterocycles. The highest BCUT2D eigenvalue weighted by atomic mass is 32.2. The molecule has 0 saturated carbocycles. The Labute approximate surface area is 163 Å². The highest BCUT2D eigenvalue weighted by molar-refractivity contribution is 7.92. The van der Waals surface area contributed by atoms with Crippen molar-refractivity contribution in [1.29, 1.82) is 5.26 Å². The maximum absolute atomic E-state index is 14.3. The summed E-state index contributed by atoms with van der Waals surface area (Å²) in [6, 6.07) is 11.2. The van der Waals surface area contributed by atoms with E-state index in [1.165, 1.54) is 12.1 Å². The van der Waals surface area contributed by atoms with Gasteiger partial charge in [-0.05, 0) is 43.2 Å². The van der Waals surface area contributed by atoms with Crippen LogP contribution in [-0.2, 0) is 10.0 Å². The maximum atomic E-state index is 14.3. The molecule has 0 aliphatic heterocycles. The number of para-hydroxylation sites is 1. The summed E-state index contributed by atoms with van der Waals surface area (Å²) in [4.78, 5) is 11.6. The number of sulfonamides is 1. The second kappa shape index (κ2) is 9.19. The molecule has 9 heteroatoms. The van der Waals surface area contributed by atoms with Crippen LogP contribution in [0.1, 0.15) is 25.3 Å². The molecule has 3 N–H and O–H groups in total. The lowest BCUT2D eigenvalue weighted by Gasteiger charge is -2.16. The number of hydrogen-bond acceptors (Lipinski definition) is 4. The van der Waals surface area contributed by atoms with Crippen molar-refractivity contribution in [3.8, 4) is 6.07 Å². The zero-order chi connectivity index (χ0) is 20.7. The van der Waals surface area contributed by atoms with Crippen molar-refractivity contribution in [2.45, 2.75) is 37.6 Å². The minimum Gasteiger partial charge on any atom is -0.334 e. The number of hydrogen-bond donors (Lipinski definition) is 3. The molecular formula is C19H21FN4O3S. The van der Waals surface area contributed by atoms with Crippen molar-refractivity contribution in [2.24, 2.45) is 0 Å². The highest BCUT2D eigenvalue weighted by Crippen LogP contribution is 2.25. The van der Waals surface area contributed by atoms with Crippen LogP contribution in [0.4, 0.5) is 20.6 Å². The number of rotatable bonds is 7. The Morgan fingerprint density at radius 2 is 1.93 bits per heavy atom. The third-order valence-corrected chi connectivity index (χ3v) is 5.40. The standard InChI is InChI=1S/C19H21FN4O3S/c1-3-14(9-10-21)22-19(25)23-17-12-18(16(20)11-13(17)2)28(26,27)24-15-7-5-4-6-8-15/h4-8,11-12,14,24H,3,9H2,1-2H3,(H2,22,23,25)/t14-/m0/s1. The fourth-order valence-electron chi connectivity index (χ4n) is 2.46. The lowest BCUT2D eigenvalue weighted by atomic mass is 10.1. The number of nitrogens with one attached hydrogen (secondary N) is 3. The number of nitrogens with zero attached hydrogens (tertiary/aromatic N) is 1. The van der Waals surface area contributed by atoms with E-state index in [9.17, 15) is 17.6 Å². The monoisotopic (exact) mass is 404 g/mol. The van der Waals surface area contributed by atoms with Crippen LogP contribution in [0.15, 0.2) is 47.4 Å². The Bertz CT molecular complexity index is 988. The van der Waals surface area contributed by atoms with Gasteiger partial charge < -0.3 is 10.6 Å². The van der Waals surface area contributed by atoms with Gasteiger partial charge in [0.15, 0.2) is 0 Å². The Morgan fingerprint density at radius 1 is 1.25 bits per heavy atom. The number of aryl methyl sites for hydroxylation is 1. The van der Waals surface area contributed by atoms with Crippen LogP contribution >= 0.6 is 0 Å². The molecule has 2 aromatic carbocycles. The third-order valence-electron chi connectivity index (χ3n) is 4.01. The summed E-state index contributed by atoms with van der Waals surface area (Å²) in [6.45, 7) is 3.37. The van der Waals surface area contributed by atoms with E-state index in [4.69, 9.17) is 5.26 Å².